The summed E-state index contributed by atoms with van der Waals surface area (Å²) in [5, 5.41) is 1.92. The summed E-state index contributed by atoms with van der Waals surface area (Å²) in [6.07, 6.45) is 6.17. The van der Waals surface area contributed by atoms with Gasteiger partial charge in [-0.05, 0) is 25.8 Å². The third-order valence-corrected chi connectivity index (χ3v) is 4.76. The molecule has 2 nitrogen and oxygen atoms in total. The lowest BCUT2D eigenvalue weighted by molar-refractivity contribution is 0.0653. The quantitative estimate of drug-likeness (QED) is 0.827. The largest absolute Gasteiger partial charge is 0.335 e. The van der Waals surface area contributed by atoms with Crippen LogP contribution in [0.25, 0.3) is 0 Å². The second-order valence-electron chi connectivity index (χ2n) is 4.55. The molecule has 1 aliphatic rings. The van der Waals surface area contributed by atoms with Crippen molar-refractivity contribution in [3.63, 3.8) is 0 Å². The number of hydrogen-bond donors (Lipinski definition) is 1. The van der Waals surface area contributed by atoms with Gasteiger partial charge in [-0.1, -0.05) is 19.3 Å². The summed E-state index contributed by atoms with van der Waals surface area (Å²) in [7, 11) is 0. The van der Waals surface area contributed by atoms with Crippen LogP contribution in [0.1, 0.15) is 48.7 Å². The van der Waals surface area contributed by atoms with Crippen molar-refractivity contribution in [2.24, 2.45) is 0 Å². The Hall–Kier alpha value is -0.480. The first-order valence-corrected chi connectivity index (χ1v) is 7.63. The Labute approximate surface area is 112 Å². The molecule has 1 amide bonds. The van der Waals surface area contributed by atoms with Gasteiger partial charge in [0, 0.05) is 22.9 Å². The molecular weight excluding hydrogens is 250 g/mol. The van der Waals surface area contributed by atoms with Gasteiger partial charge < -0.3 is 4.90 Å². The number of carbonyl (C=O) groups is 1. The Morgan fingerprint density at radius 3 is 2.71 bits per heavy atom. The summed E-state index contributed by atoms with van der Waals surface area (Å²) in [4.78, 5) is 16.1. The molecule has 1 fully saturated rings. The van der Waals surface area contributed by atoms with Crippen molar-refractivity contribution in [2.75, 3.05) is 6.54 Å². The third kappa shape index (κ3) is 3.05. The average molecular weight is 269 g/mol. The van der Waals surface area contributed by atoms with Crippen LogP contribution in [-0.4, -0.2) is 23.4 Å². The zero-order chi connectivity index (χ0) is 12.3. The molecule has 0 saturated heterocycles. The SMILES string of the molecule is CCN(C(=O)c1cc(S)cs1)C1CCCCC1. The van der Waals surface area contributed by atoms with E-state index in [1.54, 1.807) is 0 Å². The molecule has 0 atom stereocenters. The van der Waals surface area contributed by atoms with Crippen molar-refractivity contribution in [1.29, 1.82) is 0 Å². The summed E-state index contributed by atoms with van der Waals surface area (Å²) in [5.41, 5.74) is 0. The van der Waals surface area contributed by atoms with Crippen LogP contribution in [0.3, 0.4) is 0 Å². The van der Waals surface area contributed by atoms with Crippen LogP contribution in [-0.2, 0) is 0 Å². The minimum absolute atomic E-state index is 0.185. The van der Waals surface area contributed by atoms with E-state index in [1.807, 2.05) is 16.3 Å². The van der Waals surface area contributed by atoms with E-state index in [2.05, 4.69) is 19.6 Å². The Morgan fingerprint density at radius 1 is 1.47 bits per heavy atom. The second-order valence-corrected chi connectivity index (χ2v) is 5.98. The fourth-order valence-electron chi connectivity index (χ4n) is 2.54. The first kappa shape index (κ1) is 13.0. The first-order valence-electron chi connectivity index (χ1n) is 6.31. The lowest BCUT2D eigenvalue weighted by Crippen LogP contribution is -2.40. The van der Waals surface area contributed by atoms with Crippen LogP contribution in [0.4, 0.5) is 0 Å². The number of thiol groups is 1. The number of carbonyl (C=O) groups excluding carboxylic acids is 1. The Balaban J connectivity index is 2.09. The number of thiophene rings is 1. The molecule has 0 radical (unpaired) electrons. The first-order chi connectivity index (χ1) is 8.22. The number of nitrogens with zero attached hydrogens (tertiary/aromatic N) is 1. The molecule has 0 unspecified atom stereocenters. The third-order valence-electron chi connectivity index (χ3n) is 3.41. The van der Waals surface area contributed by atoms with Crippen molar-refractivity contribution in [2.45, 2.75) is 50.0 Å². The van der Waals surface area contributed by atoms with Crippen LogP contribution >= 0.6 is 24.0 Å². The fraction of sp³-hybridized carbons (Fsp3) is 0.615. The van der Waals surface area contributed by atoms with Gasteiger partial charge >= 0.3 is 0 Å². The molecule has 0 bridgehead atoms. The van der Waals surface area contributed by atoms with E-state index in [-0.39, 0.29) is 5.91 Å². The molecule has 1 aliphatic carbocycles. The molecule has 1 saturated carbocycles. The van der Waals surface area contributed by atoms with Crippen LogP contribution in [0.5, 0.6) is 0 Å². The van der Waals surface area contributed by atoms with Crippen molar-refractivity contribution in [3.8, 4) is 0 Å². The highest BCUT2D eigenvalue weighted by Crippen LogP contribution is 2.26. The van der Waals surface area contributed by atoms with Crippen LogP contribution in [0.15, 0.2) is 16.3 Å². The van der Waals surface area contributed by atoms with E-state index in [1.165, 1.54) is 43.4 Å². The van der Waals surface area contributed by atoms with Gasteiger partial charge in [-0.2, -0.15) is 0 Å². The molecule has 0 aromatic carbocycles. The summed E-state index contributed by atoms with van der Waals surface area (Å²) in [6, 6.07) is 2.33. The lowest BCUT2D eigenvalue weighted by Gasteiger charge is -2.33. The average Bonchev–Trinajstić information content (AvgIpc) is 2.78. The van der Waals surface area contributed by atoms with Gasteiger partial charge in [0.25, 0.3) is 5.91 Å². The van der Waals surface area contributed by atoms with E-state index in [0.29, 0.717) is 6.04 Å². The van der Waals surface area contributed by atoms with E-state index < -0.39 is 0 Å². The number of rotatable bonds is 3. The Morgan fingerprint density at radius 2 is 2.18 bits per heavy atom. The van der Waals surface area contributed by atoms with Gasteiger partial charge in [0.05, 0.1) is 4.88 Å². The minimum Gasteiger partial charge on any atom is -0.335 e. The van der Waals surface area contributed by atoms with Crippen LogP contribution < -0.4 is 0 Å². The zero-order valence-electron chi connectivity index (χ0n) is 10.2. The highest BCUT2D eigenvalue weighted by atomic mass is 32.1. The zero-order valence-corrected chi connectivity index (χ0v) is 11.9. The molecule has 4 heteroatoms. The summed E-state index contributed by atoms with van der Waals surface area (Å²) in [5.74, 6) is 0.185. The van der Waals surface area contributed by atoms with Crippen LogP contribution in [0.2, 0.25) is 0 Å². The van der Waals surface area contributed by atoms with Gasteiger partial charge in [0.1, 0.15) is 0 Å². The predicted molar refractivity (Wildman–Crippen MR) is 75.2 cm³/mol. The molecular formula is C13H19NOS2. The normalized spacial score (nSPS) is 17.1. The van der Waals surface area contributed by atoms with Crippen LogP contribution in [0, 0.1) is 0 Å². The number of amides is 1. The monoisotopic (exact) mass is 269 g/mol. The molecule has 0 N–H and O–H groups in total. The highest BCUT2D eigenvalue weighted by Gasteiger charge is 2.25. The molecule has 1 heterocycles. The van der Waals surface area contributed by atoms with E-state index in [0.717, 1.165) is 16.3 Å². The lowest BCUT2D eigenvalue weighted by atomic mass is 9.94. The maximum absolute atomic E-state index is 12.4. The fourth-order valence-corrected chi connectivity index (χ4v) is 3.64. The van der Waals surface area contributed by atoms with E-state index >= 15 is 0 Å². The Kier molecular flexibility index (Phi) is 4.51. The summed E-state index contributed by atoms with van der Waals surface area (Å²) >= 11 is 5.76. The van der Waals surface area contributed by atoms with Gasteiger partial charge in [0.2, 0.25) is 0 Å². The van der Waals surface area contributed by atoms with Crippen molar-refractivity contribution < 1.29 is 4.79 Å². The smallest absolute Gasteiger partial charge is 0.264 e. The standard InChI is InChI=1S/C13H19NOS2/c1-2-14(10-6-4-3-5-7-10)13(15)12-8-11(16)9-17-12/h8-10,16H,2-7H2,1H3. The second kappa shape index (κ2) is 5.91. The summed E-state index contributed by atoms with van der Waals surface area (Å²) in [6.45, 7) is 2.88. The van der Waals surface area contributed by atoms with Gasteiger partial charge in [0.15, 0.2) is 0 Å². The molecule has 0 spiro atoms. The van der Waals surface area contributed by atoms with E-state index in [9.17, 15) is 4.79 Å². The molecule has 2 rings (SSSR count). The van der Waals surface area contributed by atoms with Crippen molar-refractivity contribution in [3.05, 3.63) is 16.3 Å². The van der Waals surface area contributed by atoms with Crippen molar-refractivity contribution >= 4 is 29.9 Å². The highest BCUT2D eigenvalue weighted by molar-refractivity contribution is 7.80. The minimum atomic E-state index is 0.185. The maximum atomic E-state index is 12.4. The topological polar surface area (TPSA) is 20.3 Å². The molecule has 94 valence electrons. The number of hydrogen-bond acceptors (Lipinski definition) is 3. The predicted octanol–water partition coefficient (Wildman–Crippen LogP) is 3.83. The molecule has 1 aromatic heterocycles. The van der Waals surface area contributed by atoms with Gasteiger partial charge in [-0.3, -0.25) is 4.79 Å². The van der Waals surface area contributed by atoms with Gasteiger partial charge in [-0.25, -0.2) is 0 Å². The summed E-state index contributed by atoms with van der Waals surface area (Å²) < 4.78 is 0. The molecule has 17 heavy (non-hydrogen) atoms. The van der Waals surface area contributed by atoms with Crippen molar-refractivity contribution in [1.82, 2.24) is 4.90 Å². The molecule has 1 aromatic rings. The Bertz CT molecular complexity index is 383. The van der Waals surface area contributed by atoms with E-state index in [4.69, 9.17) is 0 Å². The molecule has 0 aliphatic heterocycles. The van der Waals surface area contributed by atoms with Gasteiger partial charge in [-0.15, -0.1) is 24.0 Å². The maximum Gasteiger partial charge on any atom is 0.264 e.